The van der Waals surface area contributed by atoms with E-state index in [9.17, 15) is 26.4 Å². The molecule has 6 nitrogen and oxygen atoms in total. The molecule has 11 heteroatoms. The first-order valence-corrected chi connectivity index (χ1v) is 8.84. The number of carbonyl (C=O) groups is 1. The van der Waals surface area contributed by atoms with Gasteiger partial charge in [-0.05, 0) is 31.2 Å². The molecule has 1 heterocycles. The second-order valence-corrected chi connectivity index (χ2v) is 7.10. The molecule has 1 fully saturated rings. The first kappa shape index (κ1) is 21.7. The Labute approximate surface area is 150 Å². The van der Waals surface area contributed by atoms with Crippen LogP contribution in [0, 0.1) is 0 Å². The zero-order valence-corrected chi connectivity index (χ0v) is 14.8. The van der Waals surface area contributed by atoms with Gasteiger partial charge < -0.3 is 10.2 Å². The van der Waals surface area contributed by atoms with Crippen LogP contribution >= 0.6 is 12.4 Å². The molecule has 2 rings (SSSR count). The highest BCUT2D eigenvalue weighted by Gasteiger charge is 2.31. The van der Waals surface area contributed by atoms with E-state index in [-0.39, 0.29) is 12.4 Å². The summed E-state index contributed by atoms with van der Waals surface area (Å²) in [5, 5.41) is 3.11. The lowest BCUT2D eigenvalue weighted by Gasteiger charge is -2.20. The Balaban J connectivity index is 0.00000312. The van der Waals surface area contributed by atoms with Crippen molar-refractivity contribution in [2.24, 2.45) is 0 Å². The molecule has 0 bridgehead atoms. The smallest absolute Gasteiger partial charge is 0.340 e. The topological polar surface area (TPSA) is 78.5 Å². The molecule has 0 unspecified atom stereocenters. The Morgan fingerprint density at radius 1 is 1.24 bits per heavy atom. The number of sulfonamides is 1. The fraction of sp³-hybridized carbons (Fsp3) is 0.500. The number of rotatable bonds is 4. The minimum Gasteiger partial charge on any atom is -0.340 e. The predicted octanol–water partition coefficient (Wildman–Crippen LogP) is 1.23. The third-order valence-electron chi connectivity index (χ3n) is 3.58. The molecule has 142 valence electrons. The molecule has 0 saturated carbocycles. The Morgan fingerprint density at radius 2 is 1.96 bits per heavy atom. The number of hydrogen-bond donors (Lipinski definition) is 2. The van der Waals surface area contributed by atoms with Crippen molar-refractivity contribution in [3.05, 3.63) is 29.8 Å². The third-order valence-corrected chi connectivity index (χ3v) is 4.98. The molecule has 1 aromatic carbocycles. The highest BCUT2D eigenvalue weighted by Crippen LogP contribution is 2.30. The Hall–Kier alpha value is -1.36. The van der Waals surface area contributed by atoms with E-state index >= 15 is 0 Å². The van der Waals surface area contributed by atoms with Gasteiger partial charge in [-0.15, -0.1) is 12.4 Å². The maximum atomic E-state index is 12.7. The summed E-state index contributed by atoms with van der Waals surface area (Å²) in [7, 11) is -4.20. The summed E-state index contributed by atoms with van der Waals surface area (Å²) in [4.78, 5) is 13.0. The Morgan fingerprint density at radius 3 is 2.64 bits per heavy atom. The molecule has 1 aliphatic rings. The van der Waals surface area contributed by atoms with Gasteiger partial charge in [-0.2, -0.15) is 13.2 Å². The van der Waals surface area contributed by atoms with Crippen molar-refractivity contribution in [1.82, 2.24) is 14.9 Å². The fourth-order valence-corrected chi connectivity index (χ4v) is 3.31. The quantitative estimate of drug-likeness (QED) is 0.795. The number of halogens is 4. The van der Waals surface area contributed by atoms with Gasteiger partial charge in [-0.3, -0.25) is 4.79 Å². The van der Waals surface area contributed by atoms with Gasteiger partial charge in [0.2, 0.25) is 15.9 Å². The molecule has 2 N–H and O–H groups in total. The molecule has 0 atom stereocenters. The highest BCUT2D eigenvalue weighted by atomic mass is 35.5. The van der Waals surface area contributed by atoms with Gasteiger partial charge in [0.15, 0.2) is 0 Å². The molecule has 0 spiro atoms. The molecule has 0 aliphatic carbocycles. The van der Waals surface area contributed by atoms with E-state index in [1.165, 1.54) is 4.90 Å². The van der Waals surface area contributed by atoms with Crippen LogP contribution in [0.1, 0.15) is 12.0 Å². The lowest BCUT2D eigenvalue weighted by molar-refractivity contribution is -0.137. The van der Waals surface area contributed by atoms with E-state index in [0.29, 0.717) is 25.7 Å². The summed E-state index contributed by atoms with van der Waals surface area (Å²) in [6.45, 7) is 1.88. The van der Waals surface area contributed by atoms with Crippen LogP contribution < -0.4 is 10.0 Å². The van der Waals surface area contributed by atoms with Gasteiger partial charge in [0.05, 0.1) is 17.0 Å². The largest absolute Gasteiger partial charge is 0.416 e. The van der Waals surface area contributed by atoms with Crippen LogP contribution in [-0.2, 0) is 21.0 Å². The van der Waals surface area contributed by atoms with Gasteiger partial charge in [-0.25, -0.2) is 13.1 Å². The van der Waals surface area contributed by atoms with Crippen molar-refractivity contribution in [3.8, 4) is 0 Å². The normalized spacial score (nSPS) is 16.0. The summed E-state index contributed by atoms with van der Waals surface area (Å²) in [5.41, 5.74) is -1.06. The monoisotopic (exact) mass is 401 g/mol. The van der Waals surface area contributed by atoms with Gasteiger partial charge >= 0.3 is 6.18 Å². The number of nitrogens with zero attached hydrogens (tertiary/aromatic N) is 1. The van der Waals surface area contributed by atoms with Crippen molar-refractivity contribution in [2.45, 2.75) is 17.5 Å². The summed E-state index contributed by atoms with van der Waals surface area (Å²) in [5.74, 6) is -0.408. The van der Waals surface area contributed by atoms with Crippen LogP contribution in [0.3, 0.4) is 0 Å². The van der Waals surface area contributed by atoms with Crippen molar-refractivity contribution >= 4 is 28.3 Å². The van der Waals surface area contributed by atoms with Crippen molar-refractivity contribution < 1.29 is 26.4 Å². The van der Waals surface area contributed by atoms with Gasteiger partial charge in [0, 0.05) is 19.6 Å². The fourth-order valence-electron chi connectivity index (χ4n) is 2.29. The van der Waals surface area contributed by atoms with Gasteiger partial charge in [0.25, 0.3) is 0 Å². The average Bonchev–Trinajstić information content (AvgIpc) is 2.81. The van der Waals surface area contributed by atoms with E-state index in [1.54, 1.807) is 0 Å². The van der Waals surface area contributed by atoms with Crippen LogP contribution in [0.15, 0.2) is 29.2 Å². The Kier molecular flexibility index (Phi) is 7.66. The second-order valence-electron chi connectivity index (χ2n) is 5.33. The van der Waals surface area contributed by atoms with Gasteiger partial charge in [-0.1, -0.05) is 6.07 Å². The van der Waals surface area contributed by atoms with Crippen molar-refractivity contribution in [1.29, 1.82) is 0 Å². The summed E-state index contributed by atoms with van der Waals surface area (Å²) in [6, 6.07) is 3.40. The summed E-state index contributed by atoms with van der Waals surface area (Å²) in [6.07, 6.45) is -3.88. The van der Waals surface area contributed by atoms with E-state index in [0.717, 1.165) is 31.2 Å². The molecule has 1 aromatic rings. The molecular weight excluding hydrogens is 383 g/mol. The van der Waals surface area contributed by atoms with E-state index in [2.05, 4.69) is 10.0 Å². The number of amides is 1. The molecule has 1 amide bonds. The van der Waals surface area contributed by atoms with Crippen molar-refractivity contribution in [3.63, 3.8) is 0 Å². The summed E-state index contributed by atoms with van der Waals surface area (Å²) >= 11 is 0. The minimum atomic E-state index is -4.64. The third kappa shape index (κ3) is 6.14. The molecular formula is C14H19ClF3N3O3S. The van der Waals surface area contributed by atoms with Crippen molar-refractivity contribution in [2.75, 3.05) is 32.7 Å². The number of hydrogen-bond acceptors (Lipinski definition) is 4. The first-order chi connectivity index (χ1) is 11.2. The summed E-state index contributed by atoms with van der Waals surface area (Å²) < 4.78 is 64.3. The standard InChI is InChI=1S/C14H18F3N3O3S.ClH/c15-14(16,17)11-3-1-4-12(9-11)24(22,23)19-10-13(21)20-7-2-5-18-6-8-20;/h1,3-4,9,18-19H,2,5-8,10H2;1H. The van der Waals surface area contributed by atoms with Crippen LogP contribution in [0.4, 0.5) is 13.2 Å². The molecule has 1 saturated heterocycles. The zero-order valence-electron chi connectivity index (χ0n) is 13.2. The molecule has 25 heavy (non-hydrogen) atoms. The van der Waals surface area contributed by atoms with E-state index in [4.69, 9.17) is 0 Å². The first-order valence-electron chi connectivity index (χ1n) is 7.35. The second kappa shape index (κ2) is 8.84. The van der Waals surface area contributed by atoms with Crippen LogP contribution in [-0.4, -0.2) is 51.9 Å². The van der Waals surface area contributed by atoms with E-state index < -0.39 is 39.1 Å². The van der Waals surface area contributed by atoms with Crippen LogP contribution in [0.2, 0.25) is 0 Å². The lowest BCUT2D eigenvalue weighted by Crippen LogP contribution is -2.41. The molecule has 0 radical (unpaired) electrons. The van der Waals surface area contributed by atoms with Crippen LogP contribution in [0.5, 0.6) is 0 Å². The molecule has 1 aliphatic heterocycles. The van der Waals surface area contributed by atoms with Crippen LogP contribution in [0.25, 0.3) is 0 Å². The zero-order chi connectivity index (χ0) is 17.8. The SMILES string of the molecule is Cl.O=C(CNS(=O)(=O)c1cccc(C(F)(F)F)c1)N1CCCNCC1. The number of benzene rings is 1. The maximum absolute atomic E-state index is 12.7. The van der Waals surface area contributed by atoms with E-state index in [1.807, 2.05) is 0 Å². The predicted molar refractivity (Wildman–Crippen MR) is 87.9 cm³/mol. The highest BCUT2D eigenvalue weighted by molar-refractivity contribution is 7.89. The Bertz CT molecular complexity index is 690. The average molecular weight is 402 g/mol. The maximum Gasteiger partial charge on any atom is 0.416 e. The van der Waals surface area contributed by atoms with Gasteiger partial charge in [0.1, 0.15) is 0 Å². The lowest BCUT2D eigenvalue weighted by atomic mass is 10.2. The number of alkyl halides is 3. The number of carbonyl (C=O) groups excluding carboxylic acids is 1. The minimum absolute atomic E-state index is 0. The molecule has 0 aromatic heterocycles. The number of nitrogens with one attached hydrogen (secondary N) is 2.